The first-order chi connectivity index (χ1) is 12.0. The van der Waals surface area contributed by atoms with E-state index < -0.39 is 0 Å². The van der Waals surface area contributed by atoms with E-state index in [1.165, 1.54) is 13.8 Å². The van der Waals surface area contributed by atoms with Crippen LogP contribution in [0.2, 0.25) is 0 Å². The molecule has 0 saturated carbocycles. The Kier molecular flexibility index (Phi) is 6.94. The molecule has 7 heteroatoms. The number of nitrogens with one attached hydrogen (secondary N) is 2. The van der Waals surface area contributed by atoms with Gasteiger partial charge in [0.1, 0.15) is 0 Å². The van der Waals surface area contributed by atoms with Crippen molar-refractivity contribution in [1.82, 2.24) is 20.4 Å². The van der Waals surface area contributed by atoms with E-state index in [0.717, 1.165) is 25.2 Å². The molecule has 2 rings (SSSR count). The first kappa shape index (κ1) is 18.9. The summed E-state index contributed by atoms with van der Waals surface area (Å²) in [5.74, 6) is -0.0914. The van der Waals surface area contributed by atoms with Gasteiger partial charge in [0, 0.05) is 65.2 Å². The van der Waals surface area contributed by atoms with Crippen molar-refractivity contribution in [2.75, 3.05) is 39.3 Å². The molecule has 2 N–H and O–H groups in total. The van der Waals surface area contributed by atoms with Crippen LogP contribution in [0.1, 0.15) is 29.8 Å². The summed E-state index contributed by atoms with van der Waals surface area (Å²) in [6, 6.07) is 7.38. The standard InChI is InChI=1S/C18H26N4O3/c1-14(23)19-6-7-21-8-10-22(11-9-21)18(25)17-5-3-4-16(12-17)13-20-15(2)24/h3-5,12H,6-11,13H2,1-2H3,(H,19,23)(H,20,24). The average molecular weight is 346 g/mol. The lowest BCUT2D eigenvalue weighted by atomic mass is 10.1. The molecule has 3 amide bonds. The van der Waals surface area contributed by atoms with Crippen LogP contribution in [0.4, 0.5) is 0 Å². The van der Waals surface area contributed by atoms with E-state index in [-0.39, 0.29) is 17.7 Å². The van der Waals surface area contributed by atoms with Gasteiger partial charge in [0.15, 0.2) is 0 Å². The Morgan fingerprint density at radius 1 is 1.00 bits per heavy atom. The van der Waals surface area contributed by atoms with Crippen molar-refractivity contribution >= 4 is 17.7 Å². The molecule has 1 aromatic rings. The Balaban J connectivity index is 1.84. The van der Waals surface area contributed by atoms with Crippen LogP contribution < -0.4 is 10.6 Å². The number of carbonyl (C=O) groups is 3. The molecule has 136 valence electrons. The molecule has 1 saturated heterocycles. The van der Waals surface area contributed by atoms with Gasteiger partial charge in [-0.1, -0.05) is 12.1 Å². The molecule has 0 bridgehead atoms. The van der Waals surface area contributed by atoms with Crippen LogP contribution in [-0.4, -0.2) is 66.8 Å². The molecule has 1 aliphatic heterocycles. The van der Waals surface area contributed by atoms with Gasteiger partial charge >= 0.3 is 0 Å². The molecule has 0 unspecified atom stereocenters. The molecule has 0 spiro atoms. The first-order valence-electron chi connectivity index (χ1n) is 8.55. The molecular formula is C18H26N4O3. The van der Waals surface area contributed by atoms with Gasteiger partial charge in [0.05, 0.1) is 0 Å². The Morgan fingerprint density at radius 3 is 2.32 bits per heavy atom. The summed E-state index contributed by atoms with van der Waals surface area (Å²) in [6.07, 6.45) is 0. The predicted octanol–water partition coefficient (Wildman–Crippen LogP) is 0.217. The molecule has 1 aliphatic rings. The van der Waals surface area contributed by atoms with Crippen molar-refractivity contribution in [3.8, 4) is 0 Å². The highest BCUT2D eigenvalue weighted by molar-refractivity contribution is 5.94. The van der Waals surface area contributed by atoms with Crippen LogP contribution in [0.15, 0.2) is 24.3 Å². The zero-order chi connectivity index (χ0) is 18.2. The number of nitrogens with zero attached hydrogens (tertiary/aromatic N) is 2. The smallest absolute Gasteiger partial charge is 0.253 e. The molecule has 0 radical (unpaired) electrons. The third kappa shape index (κ3) is 6.19. The van der Waals surface area contributed by atoms with E-state index in [1.807, 2.05) is 29.2 Å². The van der Waals surface area contributed by atoms with Gasteiger partial charge in [-0.3, -0.25) is 19.3 Å². The second kappa shape index (κ2) is 9.17. The maximum absolute atomic E-state index is 12.7. The normalized spacial score (nSPS) is 14.9. The van der Waals surface area contributed by atoms with Gasteiger partial charge in [-0.15, -0.1) is 0 Å². The molecular weight excluding hydrogens is 320 g/mol. The summed E-state index contributed by atoms with van der Waals surface area (Å²) >= 11 is 0. The number of carbonyl (C=O) groups excluding carboxylic acids is 3. The van der Waals surface area contributed by atoms with Crippen molar-refractivity contribution in [1.29, 1.82) is 0 Å². The predicted molar refractivity (Wildman–Crippen MR) is 95.0 cm³/mol. The fraction of sp³-hybridized carbons (Fsp3) is 0.500. The van der Waals surface area contributed by atoms with Crippen LogP contribution in [0.25, 0.3) is 0 Å². The van der Waals surface area contributed by atoms with E-state index >= 15 is 0 Å². The second-order valence-corrected chi connectivity index (χ2v) is 6.23. The monoisotopic (exact) mass is 346 g/mol. The highest BCUT2D eigenvalue weighted by atomic mass is 16.2. The Bertz CT molecular complexity index is 625. The van der Waals surface area contributed by atoms with Gasteiger partial charge in [0.25, 0.3) is 5.91 Å². The second-order valence-electron chi connectivity index (χ2n) is 6.23. The van der Waals surface area contributed by atoms with Crippen LogP contribution in [0.5, 0.6) is 0 Å². The lowest BCUT2D eigenvalue weighted by molar-refractivity contribution is -0.119. The summed E-state index contributed by atoms with van der Waals surface area (Å²) < 4.78 is 0. The number of benzene rings is 1. The highest BCUT2D eigenvalue weighted by Crippen LogP contribution is 2.11. The molecule has 7 nitrogen and oxygen atoms in total. The number of rotatable bonds is 6. The van der Waals surface area contributed by atoms with Crippen molar-refractivity contribution in [2.45, 2.75) is 20.4 Å². The number of hydrogen-bond donors (Lipinski definition) is 2. The van der Waals surface area contributed by atoms with Crippen LogP contribution in [0.3, 0.4) is 0 Å². The van der Waals surface area contributed by atoms with Gasteiger partial charge in [-0.05, 0) is 17.7 Å². The summed E-state index contributed by atoms with van der Waals surface area (Å²) in [5.41, 5.74) is 1.56. The first-order valence-corrected chi connectivity index (χ1v) is 8.55. The Hall–Kier alpha value is -2.41. The van der Waals surface area contributed by atoms with E-state index in [0.29, 0.717) is 31.7 Å². The number of piperazine rings is 1. The maximum atomic E-state index is 12.7. The SMILES string of the molecule is CC(=O)NCCN1CCN(C(=O)c2cccc(CNC(C)=O)c2)CC1. The Morgan fingerprint density at radius 2 is 1.68 bits per heavy atom. The van der Waals surface area contributed by atoms with E-state index in [1.54, 1.807) is 0 Å². The summed E-state index contributed by atoms with van der Waals surface area (Å²) in [5, 5.41) is 5.53. The quantitative estimate of drug-likeness (QED) is 0.772. The molecule has 0 aliphatic carbocycles. The van der Waals surface area contributed by atoms with Crippen molar-refractivity contribution in [3.05, 3.63) is 35.4 Å². The molecule has 1 heterocycles. The lowest BCUT2D eigenvalue weighted by Crippen LogP contribution is -2.50. The summed E-state index contributed by atoms with van der Waals surface area (Å²) in [6.45, 7) is 7.80. The number of hydrogen-bond acceptors (Lipinski definition) is 4. The third-order valence-corrected chi connectivity index (χ3v) is 4.18. The molecule has 1 aromatic carbocycles. The van der Waals surface area contributed by atoms with Crippen LogP contribution in [0, 0.1) is 0 Å². The minimum absolute atomic E-state index is 0.0196. The third-order valence-electron chi connectivity index (χ3n) is 4.18. The van der Waals surface area contributed by atoms with E-state index in [9.17, 15) is 14.4 Å². The average Bonchev–Trinajstić information content (AvgIpc) is 2.60. The lowest BCUT2D eigenvalue weighted by Gasteiger charge is -2.34. The summed E-state index contributed by atoms with van der Waals surface area (Å²) in [7, 11) is 0. The highest BCUT2D eigenvalue weighted by Gasteiger charge is 2.22. The van der Waals surface area contributed by atoms with Crippen molar-refractivity contribution in [2.24, 2.45) is 0 Å². The van der Waals surface area contributed by atoms with Gasteiger partial charge in [0.2, 0.25) is 11.8 Å². The minimum Gasteiger partial charge on any atom is -0.355 e. The zero-order valence-electron chi connectivity index (χ0n) is 14.9. The van der Waals surface area contributed by atoms with Gasteiger partial charge in [-0.25, -0.2) is 0 Å². The van der Waals surface area contributed by atoms with Gasteiger partial charge < -0.3 is 15.5 Å². The van der Waals surface area contributed by atoms with Crippen molar-refractivity contribution in [3.63, 3.8) is 0 Å². The molecule has 0 aromatic heterocycles. The zero-order valence-corrected chi connectivity index (χ0v) is 14.9. The number of amides is 3. The largest absolute Gasteiger partial charge is 0.355 e. The topological polar surface area (TPSA) is 81.8 Å². The fourth-order valence-electron chi connectivity index (χ4n) is 2.79. The fourth-order valence-corrected chi connectivity index (χ4v) is 2.79. The maximum Gasteiger partial charge on any atom is 0.253 e. The minimum atomic E-state index is -0.0906. The molecule has 25 heavy (non-hydrogen) atoms. The van der Waals surface area contributed by atoms with E-state index in [4.69, 9.17) is 0 Å². The van der Waals surface area contributed by atoms with Crippen LogP contribution in [-0.2, 0) is 16.1 Å². The summed E-state index contributed by atoms with van der Waals surface area (Å²) in [4.78, 5) is 38.7. The van der Waals surface area contributed by atoms with E-state index in [2.05, 4.69) is 15.5 Å². The Labute approximate surface area is 148 Å². The molecule has 1 fully saturated rings. The van der Waals surface area contributed by atoms with Gasteiger partial charge in [-0.2, -0.15) is 0 Å². The molecule has 0 atom stereocenters. The van der Waals surface area contributed by atoms with Crippen LogP contribution >= 0.6 is 0 Å². The van der Waals surface area contributed by atoms with Crippen molar-refractivity contribution < 1.29 is 14.4 Å².